The maximum absolute atomic E-state index is 14.0. The molecule has 4 N–H and O–H groups in total. The van der Waals surface area contributed by atoms with E-state index in [9.17, 15) is 211 Å². The number of hydrogen-bond donors (Lipinski definition) is 3. The van der Waals surface area contributed by atoms with Crippen molar-refractivity contribution in [1.82, 2.24) is 0 Å². The van der Waals surface area contributed by atoms with Crippen LogP contribution in [0, 0.1) is 0 Å². The SMILES string of the molecule is O=P([O-])(OCCC(F)(F)C(F)(F)C(F)(F)C(F)(F)C(F)(F)C(F)(F)C(F)(F)C(F)(F)C(F)(C(F)(F)F)C(F)(F)F)OCCC(F)(F)C(F)(F)C(F)(F)C(F)(F)C(F)(F)C(F)(F)C(F)(F)C(F)(F)C(F)(C(F)(F)F)C(F)(F)F.OCC[NH2+]CCO. The normalized spacial score (nSPS) is 16.5. The molecule has 0 aromatic heterocycles. The Morgan fingerprint density at radius 3 is 0.595 bits per heavy atom. The van der Waals surface area contributed by atoms with E-state index < -0.39 is 165 Å². The van der Waals surface area contributed by atoms with E-state index in [2.05, 4.69) is 9.05 Å². The molecule has 7 nitrogen and oxygen atoms in total. The second-order valence-electron chi connectivity index (χ2n) is 15.7. The molecule has 0 bridgehead atoms. The second kappa shape index (κ2) is 23.3. The third-order valence-electron chi connectivity index (χ3n) is 10.1. The van der Waals surface area contributed by atoms with Crippen LogP contribution in [0.5, 0.6) is 0 Å². The fraction of sp³-hybridized carbons (Fsp3) is 1.00. The highest BCUT2D eigenvalue weighted by Gasteiger charge is 3.02. The average molecular weight is 1400 g/mol. The van der Waals surface area contributed by atoms with E-state index in [4.69, 9.17) is 10.2 Å². The Morgan fingerprint density at radius 1 is 0.286 bits per heavy atom. The van der Waals surface area contributed by atoms with Crippen molar-refractivity contribution in [3.63, 3.8) is 0 Å². The minimum Gasteiger partial charge on any atom is -0.756 e. The van der Waals surface area contributed by atoms with Gasteiger partial charge in [0, 0.05) is 12.8 Å². The molecule has 0 amide bonds. The van der Waals surface area contributed by atoms with Crippen LogP contribution >= 0.6 is 7.82 Å². The molecule has 0 rings (SSSR count). The molecule has 0 aromatic carbocycles. The number of nitrogens with two attached hydrogens (primary N) is 1. The van der Waals surface area contributed by atoms with Crippen molar-refractivity contribution < 1.29 is 236 Å². The fourth-order valence-corrected chi connectivity index (χ4v) is 5.85. The van der Waals surface area contributed by atoms with Crippen molar-refractivity contribution >= 4 is 7.82 Å². The predicted octanol–water partition coefficient (Wildman–Crippen LogP) is 12.6. The Kier molecular flexibility index (Phi) is 23.0. The van der Waals surface area contributed by atoms with Crippen LogP contribution in [0.2, 0.25) is 0 Å². The van der Waals surface area contributed by atoms with Crippen molar-refractivity contribution in [2.45, 2.75) is 144 Å². The number of phosphoric acid groups is 1. The fourth-order valence-electron chi connectivity index (χ4n) is 5.15. The third kappa shape index (κ3) is 12.3. The molecule has 0 aliphatic rings. The van der Waals surface area contributed by atoms with Crippen LogP contribution in [0.4, 0.5) is 202 Å². The van der Waals surface area contributed by atoms with Crippen LogP contribution in [-0.4, -0.2) is 181 Å². The molecule has 0 radical (unpaired) electrons. The minimum absolute atomic E-state index is 0.194. The first-order valence-electron chi connectivity index (χ1n) is 19.2. The van der Waals surface area contributed by atoms with Crippen LogP contribution in [-0.2, 0) is 13.6 Å². The summed E-state index contributed by atoms with van der Waals surface area (Å²) in [5.74, 6) is -151. The van der Waals surface area contributed by atoms with Crippen LogP contribution < -0.4 is 10.2 Å². The van der Waals surface area contributed by atoms with Gasteiger partial charge in [0.15, 0.2) is 0 Å². The van der Waals surface area contributed by atoms with Gasteiger partial charge in [-0.15, -0.1) is 0 Å². The number of rotatable bonds is 28. The van der Waals surface area contributed by atoms with Gasteiger partial charge in [-0.25, -0.2) is 8.78 Å². The maximum atomic E-state index is 14.0. The zero-order valence-corrected chi connectivity index (χ0v) is 38.5. The molecule has 0 unspecified atom stereocenters. The van der Waals surface area contributed by atoms with E-state index in [-0.39, 0.29) is 13.2 Å². The number of alkyl halides is 46. The molecular formula is C30H20F46NO6P. The van der Waals surface area contributed by atoms with E-state index in [1.165, 1.54) is 0 Å². The minimum atomic E-state index is -9.96. The van der Waals surface area contributed by atoms with Crippen molar-refractivity contribution in [1.29, 1.82) is 0 Å². The molecule has 0 saturated carbocycles. The highest BCUT2D eigenvalue weighted by atomic mass is 31.2. The second-order valence-corrected chi connectivity index (χ2v) is 17.1. The van der Waals surface area contributed by atoms with Gasteiger partial charge >= 0.3 is 131 Å². The molecule has 0 heterocycles. The summed E-state index contributed by atoms with van der Waals surface area (Å²) in [5, 5.41) is 18.2. The van der Waals surface area contributed by atoms with Crippen LogP contribution in [0.25, 0.3) is 0 Å². The van der Waals surface area contributed by atoms with E-state index in [1.807, 2.05) is 5.32 Å². The lowest BCUT2D eigenvalue weighted by atomic mass is 9.82. The Morgan fingerprint density at radius 2 is 0.440 bits per heavy atom. The summed E-state index contributed by atoms with van der Waals surface area (Å²) in [5.41, 5.74) is -18.8. The van der Waals surface area contributed by atoms with E-state index in [0.717, 1.165) is 0 Å². The molecule has 0 atom stereocenters. The standard InChI is InChI=1S/C26H9F46O4P.C4H11NO2/c27-5(28,9(33,34)13(41,42)17(49,50)21(57,58)19(53,54)15(45,46)11(37,38)7(31,23(61,62)63)24(64,65)66)1-3-75-77(73,74)76-4-2-6(29,30)10(35,36)14(43,44)18(51,52)22(59,60)20(55,56)16(47,48)12(39,40)8(32,25(67,68)69)26(70,71)72;6-3-1-5-2-4-7/h1-4H2,(H,73,74);5-7H,1-4H2. The van der Waals surface area contributed by atoms with E-state index in [1.54, 1.807) is 0 Å². The summed E-state index contributed by atoms with van der Waals surface area (Å²) in [6.07, 6.45) is -43.7. The average Bonchev–Trinajstić information content (AvgIpc) is 3.25. The first-order chi connectivity index (χ1) is 35.8. The van der Waals surface area contributed by atoms with Crippen molar-refractivity contribution in [3.05, 3.63) is 0 Å². The quantitative estimate of drug-likeness (QED) is 0.0408. The van der Waals surface area contributed by atoms with Gasteiger partial charge in [-0.1, -0.05) is 0 Å². The van der Waals surface area contributed by atoms with Gasteiger partial charge in [0.1, 0.15) is 0 Å². The molecule has 508 valence electrons. The number of hydrogen-bond acceptors (Lipinski definition) is 6. The van der Waals surface area contributed by atoms with E-state index in [0.29, 0.717) is 13.1 Å². The lowest BCUT2D eigenvalue weighted by molar-refractivity contribution is -0.657. The Balaban J connectivity index is 0. The molecule has 0 aliphatic carbocycles. The number of phosphoric ester groups is 1. The maximum Gasteiger partial charge on any atom is 0.438 e. The predicted molar refractivity (Wildman–Crippen MR) is 166 cm³/mol. The zero-order chi connectivity index (χ0) is 69.3. The molecule has 0 aliphatic heterocycles. The largest absolute Gasteiger partial charge is 0.756 e. The van der Waals surface area contributed by atoms with Crippen molar-refractivity contribution in [3.8, 4) is 0 Å². The van der Waals surface area contributed by atoms with Gasteiger partial charge in [0.2, 0.25) is 0 Å². The van der Waals surface area contributed by atoms with E-state index >= 15 is 0 Å². The molecule has 54 heteroatoms. The number of quaternary nitrogens is 1. The zero-order valence-electron chi connectivity index (χ0n) is 37.6. The first kappa shape index (κ1) is 82.8. The molecule has 0 saturated heterocycles. The number of aliphatic hydroxyl groups is 2. The van der Waals surface area contributed by atoms with Gasteiger partial charge in [-0.2, -0.15) is 193 Å². The van der Waals surface area contributed by atoms with Gasteiger partial charge < -0.3 is 29.5 Å². The van der Waals surface area contributed by atoms with Gasteiger partial charge in [-0.3, -0.25) is 4.57 Å². The number of halogens is 46. The van der Waals surface area contributed by atoms with Crippen molar-refractivity contribution in [2.75, 3.05) is 39.5 Å². The summed E-state index contributed by atoms with van der Waals surface area (Å²) in [6, 6.07) is 0. The lowest BCUT2D eigenvalue weighted by Crippen LogP contribution is -2.85. The Bertz CT molecular complexity index is 2050. The van der Waals surface area contributed by atoms with Gasteiger partial charge in [0.25, 0.3) is 7.82 Å². The van der Waals surface area contributed by atoms with Crippen LogP contribution in [0.1, 0.15) is 12.8 Å². The van der Waals surface area contributed by atoms with Crippen LogP contribution in [0.15, 0.2) is 0 Å². The van der Waals surface area contributed by atoms with Crippen LogP contribution in [0.3, 0.4) is 0 Å². The third-order valence-corrected chi connectivity index (χ3v) is 11.1. The van der Waals surface area contributed by atoms with Crippen molar-refractivity contribution in [2.24, 2.45) is 0 Å². The number of aliphatic hydroxyl groups excluding tert-OH is 2. The Labute approximate surface area is 428 Å². The highest BCUT2D eigenvalue weighted by molar-refractivity contribution is 7.45. The summed E-state index contributed by atoms with van der Waals surface area (Å²) in [7, 11) is -7.56. The van der Waals surface area contributed by atoms with Gasteiger partial charge in [0.05, 0.1) is 39.5 Å². The molecule has 0 fully saturated rings. The first-order valence-corrected chi connectivity index (χ1v) is 20.6. The molecule has 84 heavy (non-hydrogen) atoms. The summed E-state index contributed by atoms with van der Waals surface area (Å²) >= 11 is 0. The molecular weight excluding hydrogens is 1380 g/mol. The molecule has 0 spiro atoms. The Hall–Kier alpha value is -3.23. The summed E-state index contributed by atoms with van der Waals surface area (Å²) in [4.78, 5) is 11.5. The smallest absolute Gasteiger partial charge is 0.438 e. The lowest BCUT2D eigenvalue weighted by Gasteiger charge is -2.46. The molecule has 0 aromatic rings. The summed E-state index contributed by atoms with van der Waals surface area (Å²) < 4.78 is 640. The highest BCUT2D eigenvalue weighted by Crippen LogP contribution is 2.71. The van der Waals surface area contributed by atoms with Gasteiger partial charge in [-0.05, 0) is 0 Å². The topological polar surface area (TPSA) is 116 Å². The summed E-state index contributed by atoms with van der Waals surface area (Å²) in [6.45, 7) is -5.26. The monoisotopic (exact) mass is 1400 g/mol.